The highest BCUT2D eigenvalue weighted by molar-refractivity contribution is 5.86. The molecule has 3 rings (SSSR count). The third kappa shape index (κ3) is 3.05. The number of nitro groups is 1. The Kier molecular flexibility index (Phi) is 4.39. The van der Waals surface area contributed by atoms with Crippen molar-refractivity contribution in [2.24, 2.45) is 0 Å². The van der Waals surface area contributed by atoms with Gasteiger partial charge in [0.2, 0.25) is 0 Å². The summed E-state index contributed by atoms with van der Waals surface area (Å²) in [4.78, 5) is 23.2. The lowest BCUT2D eigenvalue weighted by Gasteiger charge is -2.39. The summed E-state index contributed by atoms with van der Waals surface area (Å²) in [6.45, 7) is 0. The number of hydrogen-bond donors (Lipinski definition) is 0. The van der Waals surface area contributed by atoms with E-state index in [0.717, 1.165) is 12.5 Å². The Labute approximate surface area is 143 Å². The van der Waals surface area contributed by atoms with Crippen LogP contribution in [0.5, 0.6) is 11.5 Å². The zero-order valence-electron chi connectivity index (χ0n) is 13.5. The average molecular weight is 345 g/mol. The Morgan fingerprint density at radius 3 is 2.36 bits per heavy atom. The lowest BCUT2D eigenvalue weighted by molar-refractivity contribution is -0.384. The summed E-state index contributed by atoms with van der Waals surface area (Å²) < 4.78 is 23.7. The maximum atomic E-state index is 13.2. The number of carbonyl (C=O) groups is 1. The number of non-ortho nitro benzene ring substituents is 1. The minimum absolute atomic E-state index is 0.00455. The molecule has 0 radical (unpaired) electrons. The third-order valence-electron chi connectivity index (χ3n) is 4.56. The Bertz CT molecular complexity index is 815. The molecule has 2 aromatic carbocycles. The molecule has 6 nitrogen and oxygen atoms in total. The molecule has 0 N–H and O–H groups in total. The second kappa shape index (κ2) is 6.51. The highest BCUT2D eigenvalue weighted by Gasteiger charge is 2.47. The maximum absolute atomic E-state index is 13.2. The first-order valence-corrected chi connectivity index (χ1v) is 7.77. The van der Waals surface area contributed by atoms with Crippen molar-refractivity contribution in [2.45, 2.75) is 24.7 Å². The molecule has 1 aliphatic carbocycles. The van der Waals surface area contributed by atoms with Gasteiger partial charge in [-0.2, -0.15) is 0 Å². The predicted molar refractivity (Wildman–Crippen MR) is 87.2 cm³/mol. The smallest absolute Gasteiger partial charge is 0.322 e. The van der Waals surface area contributed by atoms with Crippen LogP contribution >= 0.6 is 0 Å². The lowest BCUT2D eigenvalue weighted by atomic mass is 9.64. The van der Waals surface area contributed by atoms with Crippen molar-refractivity contribution in [1.29, 1.82) is 0 Å². The standard InChI is InChI=1S/C18H16FNO5/c1-24-15-8-7-14(20(22)23)11-16(15)25-17(21)18(9-2-10-18)12-3-5-13(19)6-4-12/h3-8,11H,2,9-10H2,1H3. The molecule has 0 amide bonds. The van der Waals surface area contributed by atoms with E-state index in [1.165, 1.54) is 31.4 Å². The Balaban J connectivity index is 1.91. The molecule has 0 atom stereocenters. The summed E-state index contributed by atoms with van der Waals surface area (Å²) in [5.74, 6) is -0.682. The number of halogens is 1. The van der Waals surface area contributed by atoms with Crippen LogP contribution < -0.4 is 9.47 Å². The van der Waals surface area contributed by atoms with Gasteiger partial charge in [0.15, 0.2) is 11.5 Å². The van der Waals surface area contributed by atoms with Gasteiger partial charge in [0.25, 0.3) is 5.69 Å². The fourth-order valence-corrected chi connectivity index (χ4v) is 2.97. The lowest BCUT2D eigenvalue weighted by Crippen LogP contribution is -2.45. The van der Waals surface area contributed by atoms with Gasteiger partial charge >= 0.3 is 5.97 Å². The molecule has 1 aliphatic rings. The van der Waals surface area contributed by atoms with Crippen molar-refractivity contribution in [1.82, 2.24) is 0 Å². The molecule has 0 spiro atoms. The molecule has 2 aromatic rings. The third-order valence-corrected chi connectivity index (χ3v) is 4.56. The van der Waals surface area contributed by atoms with Crippen LogP contribution in [-0.2, 0) is 10.2 Å². The average Bonchev–Trinajstić information content (AvgIpc) is 2.55. The topological polar surface area (TPSA) is 78.7 Å². The summed E-state index contributed by atoms with van der Waals surface area (Å²) in [6, 6.07) is 9.56. The second-order valence-corrected chi connectivity index (χ2v) is 5.92. The van der Waals surface area contributed by atoms with E-state index >= 15 is 0 Å². The molecular formula is C18H16FNO5. The molecule has 0 aromatic heterocycles. The van der Waals surface area contributed by atoms with Crippen molar-refractivity contribution in [3.05, 3.63) is 64.0 Å². The van der Waals surface area contributed by atoms with Crippen LogP contribution in [-0.4, -0.2) is 18.0 Å². The van der Waals surface area contributed by atoms with Crippen LogP contribution in [0.2, 0.25) is 0 Å². The minimum atomic E-state index is -0.858. The van der Waals surface area contributed by atoms with E-state index in [4.69, 9.17) is 9.47 Å². The number of nitro benzene ring substituents is 1. The monoisotopic (exact) mass is 345 g/mol. The quantitative estimate of drug-likeness (QED) is 0.357. The van der Waals surface area contributed by atoms with E-state index in [9.17, 15) is 19.3 Å². The number of carbonyl (C=O) groups excluding carboxylic acids is 1. The Morgan fingerprint density at radius 1 is 1.16 bits per heavy atom. The fourth-order valence-electron chi connectivity index (χ4n) is 2.97. The van der Waals surface area contributed by atoms with Gasteiger partial charge < -0.3 is 9.47 Å². The maximum Gasteiger partial charge on any atom is 0.322 e. The van der Waals surface area contributed by atoms with Crippen LogP contribution in [0, 0.1) is 15.9 Å². The molecule has 0 saturated heterocycles. The number of benzene rings is 2. The van der Waals surface area contributed by atoms with Crippen LogP contribution in [0.4, 0.5) is 10.1 Å². The van der Waals surface area contributed by atoms with Crippen molar-refractivity contribution < 1.29 is 23.6 Å². The van der Waals surface area contributed by atoms with Gasteiger partial charge in [0, 0.05) is 6.07 Å². The van der Waals surface area contributed by atoms with Crippen molar-refractivity contribution in [3.8, 4) is 11.5 Å². The molecule has 130 valence electrons. The molecule has 7 heteroatoms. The molecule has 25 heavy (non-hydrogen) atoms. The SMILES string of the molecule is COc1ccc([N+](=O)[O-])cc1OC(=O)C1(c2ccc(F)cc2)CCC1. The predicted octanol–water partition coefficient (Wildman–Crippen LogP) is 3.77. The number of esters is 1. The Morgan fingerprint density at radius 2 is 1.84 bits per heavy atom. The molecule has 0 heterocycles. The second-order valence-electron chi connectivity index (χ2n) is 5.92. The molecule has 0 bridgehead atoms. The summed E-state index contributed by atoms with van der Waals surface area (Å²) >= 11 is 0. The summed E-state index contributed by atoms with van der Waals surface area (Å²) in [5.41, 5.74) is -0.383. The van der Waals surface area contributed by atoms with Gasteiger partial charge in [0.05, 0.1) is 23.5 Å². The van der Waals surface area contributed by atoms with E-state index in [1.807, 2.05) is 0 Å². The molecule has 0 unspecified atom stereocenters. The number of hydrogen-bond acceptors (Lipinski definition) is 5. The molecule has 0 aliphatic heterocycles. The summed E-state index contributed by atoms with van der Waals surface area (Å²) in [6.07, 6.45) is 2.00. The van der Waals surface area contributed by atoms with Gasteiger partial charge in [0.1, 0.15) is 5.82 Å². The zero-order valence-corrected chi connectivity index (χ0v) is 13.5. The Hall–Kier alpha value is -2.96. The van der Waals surface area contributed by atoms with Gasteiger partial charge in [-0.3, -0.25) is 14.9 Å². The van der Waals surface area contributed by atoms with Gasteiger partial charge in [-0.1, -0.05) is 18.6 Å². The van der Waals surface area contributed by atoms with Crippen molar-refractivity contribution in [3.63, 3.8) is 0 Å². The number of nitrogens with zero attached hydrogens (tertiary/aromatic N) is 1. The number of ether oxygens (including phenoxy) is 2. The first-order chi connectivity index (χ1) is 12.0. The number of methoxy groups -OCH3 is 1. The van der Waals surface area contributed by atoms with Crippen LogP contribution in [0.25, 0.3) is 0 Å². The zero-order chi connectivity index (χ0) is 18.0. The van der Waals surface area contributed by atoms with E-state index in [1.54, 1.807) is 12.1 Å². The van der Waals surface area contributed by atoms with Gasteiger partial charge in [-0.05, 0) is 36.6 Å². The minimum Gasteiger partial charge on any atom is -0.493 e. The van der Waals surface area contributed by atoms with Crippen molar-refractivity contribution in [2.75, 3.05) is 7.11 Å². The van der Waals surface area contributed by atoms with E-state index in [0.29, 0.717) is 18.4 Å². The summed E-state index contributed by atoms with van der Waals surface area (Å²) in [7, 11) is 1.39. The first-order valence-electron chi connectivity index (χ1n) is 7.77. The van der Waals surface area contributed by atoms with Gasteiger partial charge in [-0.15, -0.1) is 0 Å². The molecular weight excluding hydrogens is 329 g/mol. The molecule has 1 saturated carbocycles. The van der Waals surface area contributed by atoms with E-state index < -0.39 is 16.3 Å². The van der Waals surface area contributed by atoms with Crippen LogP contribution in [0.15, 0.2) is 42.5 Å². The van der Waals surface area contributed by atoms with Gasteiger partial charge in [-0.25, -0.2) is 4.39 Å². The largest absolute Gasteiger partial charge is 0.493 e. The normalized spacial score (nSPS) is 15.1. The van der Waals surface area contributed by atoms with Crippen LogP contribution in [0.3, 0.4) is 0 Å². The first kappa shape index (κ1) is 16.9. The number of rotatable bonds is 5. The van der Waals surface area contributed by atoms with Crippen LogP contribution in [0.1, 0.15) is 24.8 Å². The highest BCUT2D eigenvalue weighted by atomic mass is 19.1. The molecule has 1 fully saturated rings. The highest BCUT2D eigenvalue weighted by Crippen LogP contribution is 2.45. The van der Waals surface area contributed by atoms with E-state index in [2.05, 4.69) is 0 Å². The fraction of sp³-hybridized carbons (Fsp3) is 0.278. The van der Waals surface area contributed by atoms with E-state index in [-0.39, 0.29) is 23.0 Å². The van der Waals surface area contributed by atoms with Crippen molar-refractivity contribution >= 4 is 11.7 Å². The summed E-state index contributed by atoms with van der Waals surface area (Å²) in [5, 5.41) is 10.9.